The van der Waals surface area contributed by atoms with Crippen LogP contribution >= 0.6 is 0 Å². The van der Waals surface area contributed by atoms with Crippen LogP contribution in [0.2, 0.25) is 0 Å². The molecule has 0 unspecified atom stereocenters. The molecule has 1 heterocycles. The zero-order valence-electron chi connectivity index (χ0n) is 11.7. The lowest BCUT2D eigenvalue weighted by atomic mass is 10.1. The van der Waals surface area contributed by atoms with Gasteiger partial charge in [0.1, 0.15) is 11.9 Å². The molecule has 0 atom stereocenters. The molecule has 0 spiro atoms. The Morgan fingerprint density at radius 3 is 2.13 bits per heavy atom. The van der Waals surface area contributed by atoms with Crippen molar-refractivity contribution in [2.45, 2.75) is 6.18 Å². The van der Waals surface area contributed by atoms with Gasteiger partial charge in [-0.2, -0.15) is 18.4 Å². The molecule has 6 heteroatoms. The molecule has 0 amide bonds. The van der Waals surface area contributed by atoms with Gasteiger partial charge >= 0.3 is 6.18 Å². The molecule has 114 valence electrons. The Morgan fingerprint density at radius 2 is 1.57 bits per heavy atom. The van der Waals surface area contributed by atoms with Gasteiger partial charge in [-0.3, -0.25) is 0 Å². The molecule has 0 radical (unpaired) electrons. The molecule has 0 aliphatic carbocycles. The summed E-state index contributed by atoms with van der Waals surface area (Å²) in [6.07, 6.45) is -4.39. The van der Waals surface area contributed by atoms with Gasteiger partial charge in [-0.15, -0.1) is 0 Å². The summed E-state index contributed by atoms with van der Waals surface area (Å²) in [7, 11) is 0. The van der Waals surface area contributed by atoms with Crippen molar-refractivity contribution >= 4 is 0 Å². The molecular formula is C17H10F3N3. The first-order valence-corrected chi connectivity index (χ1v) is 6.72. The number of H-pyrrole nitrogens is 1. The quantitative estimate of drug-likeness (QED) is 0.749. The first-order chi connectivity index (χ1) is 11.0. The third kappa shape index (κ3) is 2.94. The van der Waals surface area contributed by atoms with Crippen LogP contribution in [-0.4, -0.2) is 9.97 Å². The monoisotopic (exact) mass is 313 g/mol. The molecule has 3 aromatic rings. The Morgan fingerprint density at radius 1 is 0.913 bits per heavy atom. The van der Waals surface area contributed by atoms with Gasteiger partial charge in [-0.05, 0) is 12.1 Å². The summed E-state index contributed by atoms with van der Waals surface area (Å²) in [5.74, 6) is 0.497. The number of halogens is 3. The number of hydrogen-bond donors (Lipinski definition) is 1. The number of aromatic nitrogens is 2. The minimum absolute atomic E-state index is 0.142. The molecule has 3 rings (SSSR count). The van der Waals surface area contributed by atoms with Crippen molar-refractivity contribution < 1.29 is 13.2 Å². The molecule has 2 aromatic carbocycles. The molecule has 0 saturated carbocycles. The summed E-state index contributed by atoms with van der Waals surface area (Å²) >= 11 is 0. The number of hydrogen-bond acceptors (Lipinski definition) is 2. The average Bonchev–Trinajstić information content (AvgIpc) is 2.99. The molecule has 23 heavy (non-hydrogen) atoms. The van der Waals surface area contributed by atoms with Gasteiger partial charge in [-0.1, -0.05) is 42.5 Å². The summed E-state index contributed by atoms with van der Waals surface area (Å²) in [6, 6.07) is 15.8. The fraction of sp³-hybridized carbons (Fsp3) is 0.0588. The fourth-order valence-electron chi connectivity index (χ4n) is 2.22. The van der Waals surface area contributed by atoms with Crippen LogP contribution in [-0.2, 0) is 6.18 Å². The summed E-state index contributed by atoms with van der Waals surface area (Å²) in [5, 5.41) is 9.21. The molecule has 0 aliphatic heterocycles. The molecule has 0 saturated heterocycles. The molecular weight excluding hydrogens is 303 g/mol. The highest BCUT2D eigenvalue weighted by Gasteiger charge is 2.30. The van der Waals surface area contributed by atoms with Crippen molar-refractivity contribution in [2.75, 3.05) is 0 Å². The van der Waals surface area contributed by atoms with Gasteiger partial charge in [0.05, 0.1) is 11.3 Å². The van der Waals surface area contributed by atoms with Gasteiger partial charge in [0.15, 0.2) is 5.69 Å². The minimum Gasteiger partial charge on any atom is -0.337 e. The van der Waals surface area contributed by atoms with Crippen LogP contribution in [0.1, 0.15) is 11.3 Å². The van der Waals surface area contributed by atoms with Crippen LogP contribution in [0.5, 0.6) is 0 Å². The number of rotatable bonds is 2. The molecule has 0 aliphatic rings. The van der Waals surface area contributed by atoms with Gasteiger partial charge in [-0.25, -0.2) is 4.98 Å². The summed E-state index contributed by atoms with van der Waals surface area (Å²) < 4.78 is 37.9. The third-order valence-electron chi connectivity index (χ3n) is 3.36. The maximum atomic E-state index is 12.6. The molecule has 1 aromatic heterocycles. The van der Waals surface area contributed by atoms with E-state index >= 15 is 0 Å². The van der Waals surface area contributed by atoms with Crippen LogP contribution in [0.3, 0.4) is 0 Å². The number of nitriles is 1. The summed E-state index contributed by atoms with van der Waals surface area (Å²) in [4.78, 5) is 7.22. The average molecular weight is 313 g/mol. The van der Waals surface area contributed by atoms with Crippen LogP contribution in [0.4, 0.5) is 13.2 Å². The smallest absolute Gasteiger partial charge is 0.337 e. The second kappa shape index (κ2) is 5.61. The first kappa shape index (κ1) is 14.9. The van der Waals surface area contributed by atoms with Crippen molar-refractivity contribution in [1.29, 1.82) is 5.26 Å². The van der Waals surface area contributed by atoms with Crippen molar-refractivity contribution in [3.8, 4) is 28.7 Å². The van der Waals surface area contributed by atoms with E-state index in [4.69, 9.17) is 0 Å². The van der Waals surface area contributed by atoms with Crippen LogP contribution in [0, 0.1) is 11.3 Å². The van der Waals surface area contributed by atoms with E-state index in [0.717, 1.165) is 17.7 Å². The SMILES string of the molecule is N#Cc1nc(-c2ccccc2)[nH]c1-c1ccc(C(F)(F)F)cc1. The second-order valence-corrected chi connectivity index (χ2v) is 4.86. The maximum absolute atomic E-state index is 12.6. The normalized spacial score (nSPS) is 11.2. The van der Waals surface area contributed by atoms with E-state index in [1.807, 2.05) is 36.4 Å². The van der Waals surface area contributed by atoms with Gasteiger partial charge in [0.25, 0.3) is 0 Å². The lowest BCUT2D eigenvalue weighted by Crippen LogP contribution is -2.04. The highest BCUT2D eigenvalue weighted by Crippen LogP contribution is 2.32. The van der Waals surface area contributed by atoms with E-state index < -0.39 is 11.7 Å². The first-order valence-electron chi connectivity index (χ1n) is 6.72. The Hall–Kier alpha value is -3.07. The number of alkyl halides is 3. The Balaban J connectivity index is 2.03. The standard InChI is InChI=1S/C17H10F3N3/c18-17(19,20)13-8-6-11(7-9-13)15-14(10-21)22-16(23-15)12-4-2-1-3-5-12/h1-9H,(H,22,23). The highest BCUT2D eigenvalue weighted by molar-refractivity contribution is 5.70. The second-order valence-electron chi connectivity index (χ2n) is 4.86. The number of imidazole rings is 1. The predicted octanol–water partition coefficient (Wildman–Crippen LogP) is 4.63. The number of aromatic amines is 1. The topological polar surface area (TPSA) is 52.5 Å². The van der Waals surface area contributed by atoms with Crippen molar-refractivity contribution in [2.24, 2.45) is 0 Å². The molecule has 1 N–H and O–H groups in total. The van der Waals surface area contributed by atoms with Gasteiger partial charge < -0.3 is 4.98 Å². The number of nitrogens with one attached hydrogen (secondary N) is 1. The van der Waals surface area contributed by atoms with Crippen LogP contribution in [0.15, 0.2) is 54.6 Å². The van der Waals surface area contributed by atoms with Gasteiger partial charge in [0.2, 0.25) is 0 Å². The molecule has 3 nitrogen and oxygen atoms in total. The van der Waals surface area contributed by atoms with Crippen LogP contribution < -0.4 is 0 Å². The lowest BCUT2D eigenvalue weighted by Gasteiger charge is -2.06. The lowest BCUT2D eigenvalue weighted by molar-refractivity contribution is -0.137. The predicted molar refractivity (Wildman–Crippen MR) is 79.2 cm³/mol. The maximum Gasteiger partial charge on any atom is 0.416 e. The Bertz CT molecular complexity index is 857. The molecule has 0 bridgehead atoms. The van der Waals surface area contributed by atoms with E-state index in [-0.39, 0.29) is 5.69 Å². The van der Waals surface area contributed by atoms with Crippen LogP contribution in [0.25, 0.3) is 22.6 Å². The molecule has 0 fully saturated rings. The van der Waals surface area contributed by atoms with Crippen molar-refractivity contribution in [1.82, 2.24) is 9.97 Å². The van der Waals surface area contributed by atoms with E-state index in [1.165, 1.54) is 12.1 Å². The van der Waals surface area contributed by atoms with E-state index in [2.05, 4.69) is 9.97 Å². The third-order valence-corrected chi connectivity index (χ3v) is 3.36. The highest BCUT2D eigenvalue weighted by atomic mass is 19.4. The van der Waals surface area contributed by atoms with Gasteiger partial charge in [0, 0.05) is 11.1 Å². The zero-order chi connectivity index (χ0) is 16.4. The zero-order valence-corrected chi connectivity index (χ0v) is 11.7. The summed E-state index contributed by atoms with van der Waals surface area (Å²) in [5.41, 5.74) is 1.08. The van der Waals surface area contributed by atoms with Crippen molar-refractivity contribution in [3.63, 3.8) is 0 Å². The number of benzene rings is 2. The minimum atomic E-state index is -4.39. The Labute approximate surface area is 130 Å². The van der Waals surface area contributed by atoms with E-state index in [1.54, 1.807) is 0 Å². The number of nitrogens with zero attached hydrogens (tertiary/aromatic N) is 2. The summed E-state index contributed by atoms with van der Waals surface area (Å²) in [6.45, 7) is 0. The van der Waals surface area contributed by atoms with E-state index in [0.29, 0.717) is 17.1 Å². The van der Waals surface area contributed by atoms with Crippen molar-refractivity contribution in [3.05, 3.63) is 65.9 Å². The Kier molecular flexibility index (Phi) is 3.62. The fourth-order valence-corrected chi connectivity index (χ4v) is 2.22. The van der Waals surface area contributed by atoms with E-state index in [9.17, 15) is 18.4 Å². The largest absolute Gasteiger partial charge is 0.416 e.